The van der Waals surface area contributed by atoms with Crippen LogP contribution in [0.5, 0.6) is 23.1 Å². The number of aromatic nitrogens is 2. The van der Waals surface area contributed by atoms with Crippen molar-refractivity contribution in [2.24, 2.45) is 0 Å². The van der Waals surface area contributed by atoms with Gasteiger partial charge in [-0.1, -0.05) is 30.3 Å². The maximum atomic E-state index is 14.4. The van der Waals surface area contributed by atoms with Gasteiger partial charge in [0.15, 0.2) is 0 Å². The van der Waals surface area contributed by atoms with Gasteiger partial charge < -0.3 is 30.3 Å². The number of ether oxygens (including phenoxy) is 2. The van der Waals surface area contributed by atoms with Gasteiger partial charge in [-0.2, -0.15) is 0 Å². The van der Waals surface area contributed by atoms with Gasteiger partial charge in [-0.3, -0.25) is 14.5 Å². The van der Waals surface area contributed by atoms with Gasteiger partial charge in [0.1, 0.15) is 34.3 Å². The van der Waals surface area contributed by atoms with Crippen molar-refractivity contribution in [1.82, 2.24) is 25.5 Å². The highest BCUT2D eigenvalue weighted by Crippen LogP contribution is 2.33. The van der Waals surface area contributed by atoms with Crippen LogP contribution in [-0.4, -0.2) is 75.3 Å². The summed E-state index contributed by atoms with van der Waals surface area (Å²) in [5.74, 6) is -1.00. The number of amides is 2. The van der Waals surface area contributed by atoms with Crippen LogP contribution in [0, 0.1) is 5.82 Å². The first-order valence-corrected chi connectivity index (χ1v) is 17.1. The van der Waals surface area contributed by atoms with E-state index in [0.717, 1.165) is 42.0 Å². The molecule has 2 aromatic heterocycles. The molecular formula is C39H38FN5O6. The first-order valence-electron chi connectivity index (χ1n) is 17.1. The second kappa shape index (κ2) is 15.1. The fourth-order valence-corrected chi connectivity index (χ4v) is 6.68. The van der Waals surface area contributed by atoms with E-state index in [9.17, 15) is 24.2 Å². The smallest absolute Gasteiger partial charge is 0.270 e. The molecule has 12 heteroatoms. The maximum Gasteiger partial charge on any atom is 0.270 e. The fraction of sp³-hybridized carbons (Fsp3) is 0.282. The molecule has 1 saturated heterocycles. The van der Waals surface area contributed by atoms with Gasteiger partial charge >= 0.3 is 0 Å². The molecule has 51 heavy (non-hydrogen) atoms. The molecule has 4 N–H and O–H groups in total. The summed E-state index contributed by atoms with van der Waals surface area (Å²) >= 11 is 0. The minimum atomic E-state index is -0.669. The first kappa shape index (κ1) is 33.9. The summed E-state index contributed by atoms with van der Waals surface area (Å²) in [5, 5.41) is 27.2. The number of phenolic OH excluding ortho intramolecular Hbond substituents is 1. The number of hydrogen-bond acceptors (Lipinski definition) is 9. The zero-order valence-corrected chi connectivity index (χ0v) is 27.8. The number of nitrogens with zero attached hydrogens (tertiary/aromatic N) is 3. The quantitative estimate of drug-likeness (QED) is 0.148. The Balaban J connectivity index is 0.993. The summed E-state index contributed by atoms with van der Waals surface area (Å²) in [6.45, 7) is 3.56. The Hall–Kier alpha value is -5.59. The fourth-order valence-electron chi connectivity index (χ4n) is 6.68. The Morgan fingerprint density at radius 3 is 2.41 bits per heavy atom. The Bertz CT molecular complexity index is 2060. The molecule has 2 aliphatic rings. The number of rotatable bonds is 9. The predicted octanol–water partition coefficient (Wildman–Crippen LogP) is 5.94. The van der Waals surface area contributed by atoms with E-state index in [0.29, 0.717) is 62.1 Å². The molecule has 1 saturated carbocycles. The summed E-state index contributed by atoms with van der Waals surface area (Å²) in [7, 11) is 0. The summed E-state index contributed by atoms with van der Waals surface area (Å²) in [4.78, 5) is 37.2. The lowest BCUT2D eigenvalue weighted by Gasteiger charge is -2.29. The zero-order valence-electron chi connectivity index (χ0n) is 27.8. The lowest BCUT2D eigenvalue weighted by molar-refractivity contribution is 0.0342. The highest BCUT2D eigenvalue weighted by Gasteiger charge is 2.27. The molecule has 0 unspecified atom stereocenters. The van der Waals surface area contributed by atoms with Crippen LogP contribution in [-0.2, 0) is 11.3 Å². The van der Waals surface area contributed by atoms with Gasteiger partial charge in [0.25, 0.3) is 11.8 Å². The Labute approximate surface area is 294 Å². The van der Waals surface area contributed by atoms with Crippen LogP contribution in [0.3, 0.4) is 0 Å². The zero-order chi connectivity index (χ0) is 35.3. The Morgan fingerprint density at radius 2 is 1.63 bits per heavy atom. The summed E-state index contributed by atoms with van der Waals surface area (Å²) in [6.07, 6.45) is 3.41. The molecule has 1 aliphatic carbocycles. The third kappa shape index (κ3) is 8.08. The number of benzene rings is 3. The molecule has 2 fully saturated rings. The van der Waals surface area contributed by atoms with Crippen molar-refractivity contribution < 1.29 is 33.7 Å². The number of para-hydroxylation sites is 1. The van der Waals surface area contributed by atoms with Crippen molar-refractivity contribution >= 4 is 22.7 Å². The van der Waals surface area contributed by atoms with Gasteiger partial charge in [-0.15, -0.1) is 0 Å². The number of carbonyl (C=O) groups is 2. The molecular weight excluding hydrogens is 653 g/mol. The number of aromatic hydroxyl groups is 2. The Morgan fingerprint density at radius 1 is 0.882 bits per heavy atom. The van der Waals surface area contributed by atoms with Gasteiger partial charge in [-0.05, 0) is 84.8 Å². The molecule has 0 spiro atoms. The second-order valence-electron chi connectivity index (χ2n) is 12.9. The van der Waals surface area contributed by atoms with Crippen LogP contribution >= 0.6 is 0 Å². The van der Waals surface area contributed by atoms with Crippen LogP contribution in [0.4, 0.5) is 4.39 Å². The number of carbonyl (C=O) groups excluding carboxylic acids is 2. The molecule has 0 atom stereocenters. The number of fused-ring (bicyclic) bond motifs is 1. The van der Waals surface area contributed by atoms with Crippen LogP contribution in [0.2, 0.25) is 0 Å². The molecule has 0 bridgehead atoms. The van der Waals surface area contributed by atoms with Crippen LogP contribution in [0.1, 0.15) is 52.1 Å². The number of halogens is 1. The van der Waals surface area contributed by atoms with Crippen molar-refractivity contribution in [3.63, 3.8) is 0 Å². The van der Waals surface area contributed by atoms with Crippen molar-refractivity contribution in [3.8, 4) is 34.3 Å². The number of morpholine rings is 1. The molecule has 3 aromatic carbocycles. The highest BCUT2D eigenvalue weighted by atomic mass is 19.1. The first-order chi connectivity index (χ1) is 24.8. The maximum absolute atomic E-state index is 14.4. The minimum absolute atomic E-state index is 0.00831. The van der Waals surface area contributed by atoms with Crippen molar-refractivity contribution in [3.05, 3.63) is 108 Å². The SMILES string of the molecule is O=C(N[C@H]1CC[C@@H](NC(=O)c2cc(F)cnc2Oc2cccc(-c3ccc(O)cc3CN3CCOCC3)c2)CC1)c1cc(O)c2ccccc2n1. The molecule has 3 heterocycles. The van der Waals surface area contributed by atoms with E-state index in [1.54, 1.807) is 42.5 Å². The normalized spacial score (nSPS) is 17.9. The Kier molecular flexibility index (Phi) is 10.0. The molecule has 0 radical (unpaired) electrons. The molecule has 7 rings (SSSR count). The third-order valence-electron chi connectivity index (χ3n) is 9.33. The van der Waals surface area contributed by atoms with Crippen molar-refractivity contribution in [1.29, 1.82) is 0 Å². The van der Waals surface area contributed by atoms with E-state index >= 15 is 0 Å². The van der Waals surface area contributed by atoms with Gasteiger partial charge in [0.2, 0.25) is 5.88 Å². The molecule has 1 aliphatic heterocycles. The number of nitrogens with one attached hydrogen (secondary N) is 2. The number of phenols is 1. The third-order valence-corrected chi connectivity index (χ3v) is 9.33. The van der Waals surface area contributed by atoms with E-state index in [1.807, 2.05) is 24.3 Å². The van der Waals surface area contributed by atoms with E-state index in [2.05, 4.69) is 25.5 Å². The topological polar surface area (TPSA) is 146 Å². The minimum Gasteiger partial charge on any atom is -0.508 e. The lowest BCUT2D eigenvalue weighted by atomic mass is 9.91. The van der Waals surface area contributed by atoms with E-state index in [-0.39, 0.29) is 46.6 Å². The summed E-state index contributed by atoms with van der Waals surface area (Å²) in [6, 6.07) is 21.8. The van der Waals surface area contributed by atoms with E-state index < -0.39 is 11.7 Å². The number of pyridine rings is 2. The van der Waals surface area contributed by atoms with E-state index in [4.69, 9.17) is 9.47 Å². The lowest BCUT2D eigenvalue weighted by Crippen LogP contribution is -2.44. The van der Waals surface area contributed by atoms with Gasteiger partial charge in [0, 0.05) is 43.2 Å². The monoisotopic (exact) mass is 691 g/mol. The average molecular weight is 692 g/mol. The van der Waals surface area contributed by atoms with Gasteiger partial charge in [0.05, 0.1) is 24.9 Å². The molecule has 5 aromatic rings. The number of hydrogen-bond donors (Lipinski definition) is 4. The average Bonchev–Trinajstić information content (AvgIpc) is 3.14. The van der Waals surface area contributed by atoms with Crippen molar-refractivity contribution in [2.45, 2.75) is 44.3 Å². The second-order valence-corrected chi connectivity index (χ2v) is 12.9. The van der Waals surface area contributed by atoms with Crippen LogP contribution < -0.4 is 15.4 Å². The largest absolute Gasteiger partial charge is 0.508 e. The standard InChI is InChI=1S/C39H38FN5O6/c40-26-20-33(37(48)42-27-8-10-28(11-9-27)43-38(49)35-21-36(47)32-6-1-2-7-34(32)44-35)39(41-22-26)51-30-5-3-4-24(19-30)31-13-12-29(46)18-25(31)23-45-14-16-50-17-15-45/h1-7,12-13,18-22,27-28,46H,8-11,14-17,23H2,(H,42,48)(H,43,49)(H,44,47)/t27-,28+. The molecule has 11 nitrogen and oxygen atoms in total. The highest BCUT2D eigenvalue weighted by molar-refractivity contribution is 5.97. The van der Waals surface area contributed by atoms with Gasteiger partial charge in [-0.25, -0.2) is 14.4 Å². The van der Waals surface area contributed by atoms with Crippen LogP contribution in [0.25, 0.3) is 22.0 Å². The molecule has 2 amide bonds. The van der Waals surface area contributed by atoms with E-state index in [1.165, 1.54) is 6.07 Å². The summed E-state index contributed by atoms with van der Waals surface area (Å²) in [5.41, 5.74) is 3.36. The van der Waals surface area contributed by atoms with Crippen molar-refractivity contribution in [2.75, 3.05) is 26.3 Å². The van der Waals surface area contributed by atoms with Crippen LogP contribution in [0.15, 0.2) is 85.1 Å². The molecule has 262 valence electrons. The predicted molar refractivity (Wildman–Crippen MR) is 188 cm³/mol. The summed E-state index contributed by atoms with van der Waals surface area (Å²) < 4.78 is 26.0.